The summed E-state index contributed by atoms with van der Waals surface area (Å²) in [5.74, 6) is 33.2. The molecule has 13 fully saturated rings. The molecular formula is C30H36. The summed E-state index contributed by atoms with van der Waals surface area (Å²) in [6.45, 7) is 5.22. The number of fused-ring (bicyclic) bond motifs is 34. The molecule has 0 amide bonds. The zero-order chi connectivity index (χ0) is 18.4. The van der Waals surface area contributed by atoms with Gasteiger partial charge in [0.15, 0.2) is 0 Å². The molecule has 13 aliphatic rings. The van der Waals surface area contributed by atoms with Gasteiger partial charge in [0, 0.05) is 0 Å². The SMILES string of the molecule is C[C@@H]1C2C3C4C5C6C7C8C9C%10C%11C%12C%13CCC%13C%12C%11C%10C9C8C7C6C5C4C3C2[C@@H]1C. The Morgan fingerprint density at radius 1 is 0.267 bits per heavy atom. The van der Waals surface area contributed by atoms with Gasteiger partial charge in [-0.1, -0.05) is 13.8 Å². The highest BCUT2D eigenvalue weighted by Crippen LogP contribution is 2.98. The van der Waals surface area contributed by atoms with Gasteiger partial charge in [0.2, 0.25) is 0 Å². The van der Waals surface area contributed by atoms with E-state index in [2.05, 4.69) is 13.8 Å². The normalized spacial score (nSPS) is 95.4. The van der Waals surface area contributed by atoms with Gasteiger partial charge in [-0.3, -0.25) is 0 Å². The summed E-state index contributed by atoms with van der Waals surface area (Å²) in [6.07, 6.45) is 3.29. The topological polar surface area (TPSA) is 0 Å². The second kappa shape index (κ2) is 3.55. The third kappa shape index (κ3) is 0.872. The van der Waals surface area contributed by atoms with Crippen LogP contribution in [0.15, 0.2) is 0 Å². The quantitative estimate of drug-likeness (QED) is 0.505. The lowest BCUT2D eigenvalue weighted by molar-refractivity contribution is -0.524. The van der Waals surface area contributed by atoms with E-state index in [-0.39, 0.29) is 0 Å². The van der Waals surface area contributed by atoms with Crippen molar-refractivity contribution >= 4 is 0 Å². The molecule has 13 aliphatic carbocycles. The molecule has 24 unspecified atom stereocenters. The van der Waals surface area contributed by atoms with Crippen molar-refractivity contribution in [1.29, 1.82) is 0 Å². The fourth-order valence-electron chi connectivity index (χ4n) is 17.9. The number of hydrogen-bond donors (Lipinski definition) is 0. The Balaban J connectivity index is 0.813. The first-order chi connectivity index (χ1) is 14.8. The minimum atomic E-state index is 1.09. The maximum atomic E-state index is 2.61. The van der Waals surface area contributed by atoms with Crippen LogP contribution in [0.1, 0.15) is 26.7 Å². The van der Waals surface area contributed by atoms with Crippen LogP contribution in [0.25, 0.3) is 0 Å². The first-order valence-corrected chi connectivity index (χ1v) is 14.8. The van der Waals surface area contributed by atoms with Gasteiger partial charge in [0.25, 0.3) is 0 Å². The predicted molar refractivity (Wildman–Crippen MR) is 111 cm³/mol. The lowest BCUT2D eigenvalue weighted by Crippen LogP contribution is -2.96. The number of rotatable bonds is 0. The molecule has 13 rings (SSSR count). The van der Waals surface area contributed by atoms with Gasteiger partial charge in [-0.25, -0.2) is 0 Å². The van der Waals surface area contributed by atoms with Crippen LogP contribution in [-0.2, 0) is 0 Å². The summed E-state index contributed by atoms with van der Waals surface area (Å²) in [7, 11) is 0. The van der Waals surface area contributed by atoms with E-state index in [1.54, 1.807) is 12.8 Å². The monoisotopic (exact) mass is 396 g/mol. The molecule has 30 heavy (non-hydrogen) atoms. The Morgan fingerprint density at radius 2 is 0.467 bits per heavy atom. The Bertz CT molecular complexity index is 864. The van der Waals surface area contributed by atoms with E-state index < -0.39 is 0 Å². The molecular weight excluding hydrogens is 360 g/mol. The number of hydrogen-bond acceptors (Lipinski definition) is 0. The second-order valence-electron chi connectivity index (χ2n) is 16.3. The Labute approximate surface area is 180 Å². The van der Waals surface area contributed by atoms with Crippen LogP contribution < -0.4 is 0 Å². The molecule has 0 spiro atoms. The molecule has 26 atom stereocenters. The fourth-order valence-corrected chi connectivity index (χ4v) is 17.9. The Kier molecular flexibility index (Phi) is 1.69. The molecule has 0 bridgehead atoms. The first-order valence-electron chi connectivity index (χ1n) is 14.8. The Hall–Kier alpha value is 0. The maximum absolute atomic E-state index is 2.61. The van der Waals surface area contributed by atoms with Crippen molar-refractivity contribution in [2.24, 2.45) is 154 Å². The van der Waals surface area contributed by atoms with E-state index in [9.17, 15) is 0 Å². The van der Waals surface area contributed by atoms with Gasteiger partial charge in [-0.15, -0.1) is 0 Å². The summed E-state index contributed by atoms with van der Waals surface area (Å²) in [6, 6.07) is 0. The van der Waals surface area contributed by atoms with Crippen LogP contribution in [0.5, 0.6) is 0 Å². The van der Waals surface area contributed by atoms with Crippen LogP contribution in [0.2, 0.25) is 0 Å². The van der Waals surface area contributed by atoms with Crippen molar-refractivity contribution in [3.05, 3.63) is 0 Å². The minimum Gasteiger partial charge on any atom is -0.0620 e. The van der Waals surface area contributed by atoms with E-state index in [0.717, 1.165) is 11.8 Å². The smallest absolute Gasteiger partial charge is 0.0312 e. The molecule has 0 aromatic carbocycles. The standard InChI is InChI=1S/C30H36/c1-5-6(2)10-9(5)13-14(10)18-17(13)21-22(18)26-25(21)29-27-23-19-15-11-7-3-4-8(7)12(11)16(15)20(19)24(23)28(27)30(26)29/h5-30H,3-4H2,1-2H3/t5-,6+,7?,8?,9?,10?,11?,12?,13?,14?,15?,16?,17?,18?,19?,20?,21?,22?,23?,24?,25?,26?,27?,28?,29?,30?. The van der Waals surface area contributed by atoms with Crippen LogP contribution in [0, 0.1) is 154 Å². The largest absolute Gasteiger partial charge is 0.0620 e. The molecule has 0 N–H and O–H groups in total. The molecule has 0 radical (unpaired) electrons. The van der Waals surface area contributed by atoms with Gasteiger partial charge in [-0.05, 0) is 167 Å². The van der Waals surface area contributed by atoms with Crippen molar-refractivity contribution in [2.45, 2.75) is 26.7 Å². The van der Waals surface area contributed by atoms with Crippen LogP contribution in [0.4, 0.5) is 0 Å². The van der Waals surface area contributed by atoms with Gasteiger partial charge >= 0.3 is 0 Å². The van der Waals surface area contributed by atoms with Crippen LogP contribution in [-0.4, -0.2) is 0 Å². The summed E-state index contributed by atoms with van der Waals surface area (Å²) in [5, 5.41) is 0. The molecule has 0 saturated heterocycles. The van der Waals surface area contributed by atoms with E-state index in [4.69, 9.17) is 0 Å². The zero-order valence-electron chi connectivity index (χ0n) is 18.4. The van der Waals surface area contributed by atoms with Gasteiger partial charge in [0.1, 0.15) is 0 Å². The highest BCUT2D eigenvalue weighted by molar-refractivity contribution is 5.41. The first kappa shape index (κ1) is 14.3. The van der Waals surface area contributed by atoms with E-state index in [0.29, 0.717) is 0 Å². The Morgan fingerprint density at radius 3 is 0.700 bits per heavy atom. The molecule has 0 aromatic rings. The summed E-state index contributed by atoms with van der Waals surface area (Å²) >= 11 is 0. The fraction of sp³-hybridized carbons (Fsp3) is 1.00. The van der Waals surface area contributed by atoms with E-state index in [1.165, 1.54) is 142 Å². The van der Waals surface area contributed by atoms with Crippen molar-refractivity contribution in [3.63, 3.8) is 0 Å². The minimum absolute atomic E-state index is 1.09. The average Bonchev–Trinajstić information content (AvgIpc) is 2.67. The molecule has 156 valence electrons. The van der Waals surface area contributed by atoms with Crippen LogP contribution in [0.3, 0.4) is 0 Å². The molecule has 0 heteroatoms. The van der Waals surface area contributed by atoms with E-state index >= 15 is 0 Å². The summed E-state index contributed by atoms with van der Waals surface area (Å²) in [4.78, 5) is 0. The van der Waals surface area contributed by atoms with Gasteiger partial charge in [0.05, 0.1) is 0 Å². The highest BCUT2D eigenvalue weighted by Gasteiger charge is 2.95. The third-order valence-corrected chi connectivity index (χ3v) is 18.2. The molecule has 13 saturated carbocycles. The average molecular weight is 397 g/mol. The summed E-state index contributed by atoms with van der Waals surface area (Å²) in [5.41, 5.74) is 0. The molecule has 0 heterocycles. The highest BCUT2D eigenvalue weighted by atomic mass is 15.0. The zero-order valence-corrected chi connectivity index (χ0v) is 18.4. The van der Waals surface area contributed by atoms with Crippen molar-refractivity contribution in [3.8, 4) is 0 Å². The van der Waals surface area contributed by atoms with E-state index in [1.807, 2.05) is 0 Å². The lowest BCUT2D eigenvalue weighted by atomic mass is 9.05. The molecule has 0 nitrogen and oxygen atoms in total. The third-order valence-electron chi connectivity index (χ3n) is 18.2. The summed E-state index contributed by atoms with van der Waals surface area (Å²) < 4.78 is 0. The van der Waals surface area contributed by atoms with Crippen molar-refractivity contribution < 1.29 is 0 Å². The maximum Gasteiger partial charge on any atom is -0.0312 e. The van der Waals surface area contributed by atoms with Gasteiger partial charge < -0.3 is 0 Å². The molecule has 0 aliphatic heterocycles. The van der Waals surface area contributed by atoms with Crippen molar-refractivity contribution in [1.82, 2.24) is 0 Å². The van der Waals surface area contributed by atoms with Gasteiger partial charge in [-0.2, -0.15) is 0 Å². The van der Waals surface area contributed by atoms with Crippen LogP contribution >= 0.6 is 0 Å². The second-order valence-corrected chi connectivity index (χ2v) is 16.3. The van der Waals surface area contributed by atoms with Crippen molar-refractivity contribution in [2.75, 3.05) is 0 Å². The lowest BCUT2D eigenvalue weighted by Gasteiger charge is -2.99. The molecule has 0 aromatic heterocycles. The predicted octanol–water partition coefficient (Wildman–Crippen LogP) is 5.00.